The van der Waals surface area contributed by atoms with Crippen LogP contribution in [0.3, 0.4) is 0 Å². The molecule has 4 fully saturated rings. The quantitative estimate of drug-likeness (QED) is 0.0791. The Kier molecular flexibility index (Phi) is 12.1. The number of piperidine rings is 1. The van der Waals surface area contributed by atoms with Crippen LogP contribution in [0.15, 0.2) is 77.8 Å². The highest BCUT2D eigenvalue weighted by Gasteiger charge is 2.50. The van der Waals surface area contributed by atoms with Gasteiger partial charge in [-0.1, -0.05) is 38.1 Å². The van der Waals surface area contributed by atoms with Gasteiger partial charge >= 0.3 is 5.69 Å². The Hall–Kier alpha value is -5.91. The van der Waals surface area contributed by atoms with Gasteiger partial charge < -0.3 is 33.9 Å². The predicted molar refractivity (Wildman–Crippen MR) is 256 cm³/mol. The van der Waals surface area contributed by atoms with E-state index in [1.807, 2.05) is 6.07 Å². The highest BCUT2D eigenvalue weighted by atomic mass is 32.2. The first-order valence-electron chi connectivity index (χ1n) is 23.9. The lowest BCUT2D eigenvalue weighted by molar-refractivity contribution is -0.386. The summed E-state index contributed by atoms with van der Waals surface area (Å²) in [5.41, 5.74) is 3.10. The number of H-pyrrole nitrogens is 1. The maximum absolute atomic E-state index is 14.2. The van der Waals surface area contributed by atoms with E-state index in [0.29, 0.717) is 49.3 Å². The van der Waals surface area contributed by atoms with Crippen molar-refractivity contribution in [2.75, 3.05) is 38.3 Å². The first-order chi connectivity index (χ1) is 32.6. The molecule has 17 heteroatoms. The summed E-state index contributed by atoms with van der Waals surface area (Å²) in [5.74, 6) is -0.405. The number of carbonyl (C=O) groups is 1. The number of carbonyl (C=O) groups excluding carboxylic acids is 1. The smallest absolute Gasteiger partial charge is 0.316 e. The number of methoxy groups -OCH3 is 1. The van der Waals surface area contributed by atoms with Crippen molar-refractivity contribution in [1.29, 1.82) is 0 Å². The number of nitro benzene ring substituents is 1. The minimum atomic E-state index is -4.72. The van der Waals surface area contributed by atoms with Crippen LogP contribution in [0.1, 0.15) is 118 Å². The lowest BCUT2D eigenvalue weighted by Gasteiger charge is -2.56. The maximum Gasteiger partial charge on any atom is 0.316 e. The number of ether oxygens (including phenoxy) is 4. The summed E-state index contributed by atoms with van der Waals surface area (Å²) in [6.07, 6.45) is 10.4. The summed E-state index contributed by atoms with van der Waals surface area (Å²) in [7, 11) is -3.27. The molecule has 0 bridgehead atoms. The number of aromatic amines is 1. The van der Waals surface area contributed by atoms with E-state index in [4.69, 9.17) is 18.9 Å². The minimum Gasteiger partial charge on any atom is -0.485 e. The third-order valence-corrected chi connectivity index (χ3v) is 16.7. The van der Waals surface area contributed by atoms with Crippen LogP contribution in [0.5, 0.6) is 28.9 Å². The molecule has 2 atom stereocenters. The molecule has 0 unspecified atom stereocenters. The molecule has 10 rings (SSSR count). The first-order valence-corrected chi connectivity index (χ1v) is 25.4. The van der Waals surface area contributed by atoms with Crippen molar-refractivity contribution in [2.45, 2.75) is 120 Å². The van der Waals surface area contributed by atoms with E-state index in [2.05, 4.69) is 62.6 Å². The van der Waals surface area contributed by atoms with Crippen molar-refractivity contribution < 1.29 is 42.2 Å². The van der Waals surface area contributed by atoms with E-state index in [1.165, 1.54) is 50.0 Å². The number of rotatable bonds is 12. The van der Waals surface area contributed by atoms with E-state index in [-0.39, 0.29) is 52.4 Å². The topological polar surface area (TPSA) is 199 Å². The summed E-state index contributed by atoms with van der Waals surface area (Å²) in [5, 5.41) is 23.6. The summed E-state index contributed by atoms with van der Waals surface area (Å²) < 4.78 is 54.3. The van der Waals surface area contributed by atoms with Crippen molar-refractivity contribution in [3.8, 4) is 28.9 Å². The van der Waals surface area contributed by atoms with Crippen molar-refractivity contribution in [1.82, 2.24) is 19.6 Å². The van der Waals surface area contributed by atoms with E-state index in [9.17, 15) is 28.4 Å². The number of aliphatic hydroxyl groups is 1. The number of benzene rings is 3. The van der Waals surface area contributed by atoms with Gasteiger partial charge in [0, 0.05) is 60.6 Å². The van der Waals surface area contributed by atoms with Crippen LogP contribution >= 0.6 is 0 Å². The number of aromatic nitrogens is 2. The van der Waals surface area contributed by atoms with Crippen molar-refractivity contribution in [3.05, 3.63) is 99.7 Å². The number of fused-ring (bicyclic) bond motifs is 2. The molecule has 5 aliphatic rings. The number of amides is 1. The van der Waals surface area contributed by atoms with Gasteiger partial charge in [0.2, 0.25) is 5.75 Å². The highest BCUT2D eigenvalue weighted by molar-refractivity contribution is 7.90. The van der Waals surface area contributed by atoms with Gasteiger partial charge in [0.05, 0.1) is 28.1 Å². The number of likely N-dealkylation sites (tertiary alicyclic amines) is 1. The van der Waals surface area contributed by atoms with Crippen LogP contribution in [-0.4, -0.2) is 90.3 Å². The molecule has 5 aromatic rings. The monoisotopic (exact) mass is 948 g/mol. The van der Waals surface area contributed by atoms with Gasteiger partial charge in [0.1, 0.15) is 24.1 Å². The average Bonchev–Trinajstić information content (AvgIpc) is 3.99. The molecule has 0 radical (unpaired) electrons. The van der Waals surface area contributed by atoms with Gasteiger partial charge in [-0.2, -0.15) is 4.98 Å². The molecule has 68 heavy (non-hydrogen) atoms. The van der Waals surface area contributed by atoms with Gasteiger partial charge in [-0.05, 0) is 130 Å². The van der Waals surface area contributed by atoms with Gasteiger partial charge in [0.15, 0.2) is 11.5 Å². The third kappa shape index (κ3) is 8.84. The Morgan fingerprint density at radius 3 is 2.50 bits per heavy atom. The first kappa shape index (κ1) is 45.9. The fourth-order valence-corrected chi connectivity index (χ4v) is 12.5. The Morgan fingerprint density at radius 2 is 1.76 bits per heavy atom. The Labute approximate surface area is 396 Å². The minimum absolute atomic E-state index is 0.0110. The summed E-state index contributed by atoms with van der Waals surface area (Å²) in [6, 6.07) is 20.6. The lowest BCUT2D eigenvalue weighted by Crippen LogP contribution is -2.54. The van der Waals surface area contributed by atoms with Gasteiger partial charge in [-0.15, -0.1) is 0 Å². The van der Waals surface area contributed by atoms with E-state index in [0.717, 1.165) is 55.7 Å². The molecule has 3 aliphatic heterocycles. The molecule has 5 heterocycles. The normalized spacial score (nSPS) is 24.0. The number of sulfonamides is 1. The fourth-order valence-electron chi connectivity index (χ4n) is 11.5. The van der Waals surface area contributed by atoms with Crippen LogP contribution in [0, 0.1) is 21.4 Å². The average molecular weight is 949 g/mol. The van der Waals surface area contributed by atoms with E-state index in [1.54, 1.807) is 31.3 Å². The van der Waals surface area contributed by atoms with Gasteiger partial charge in [0.25, 0.3) is 21.8 Å². The predicted octanol–water partition coefficient (Wildman–Crippen LogP) is 9.18. The number of nitrogens with zero attached hydrogens (tertiary/aromatic N) is 4. The second kappa shape index (κ2) is 17.9. The van der Waals surface area contributed by atoms with Gasteiger partial charge in [-0.3, -0.25) is 19.8 Å². The number of hydrogen-bond donors (Lipinski definition) is 3. The molecule has 2 saturated carbocycles. The van der Waals surface area contributed by atoms with Crippen molar-refractivity contribution >= 4 is 38.3 Å². The molecule has 3 N–H and O–H groups in total. The molecule has 360 valence electrons. The van der Waals surface area contributed by atoms with Crippen molar-refractivity contribution in [2.24, 2.45) is 11.3 Å². The van der Waals surface area contributed by atoms with Crippen LogP contribution in [0.2, 0.25) is 0 Å². The van der Waals surface area contributed by atoms with Crippen molar-refractivity contribution in [3.63, 3.8) is 0 Å². The zero-order chi connectivity index (χ0) is 47.5. The molecule has 3 aromatic carbocycles. The molecule has 1 spiro atoms. The maximum atomic E-state index is 14.2. The largest absolute Gasteiger partial charge is 0.485 e. The van der Waals surface area contributed by atoms with Crippen LogP contribution in [-0.2, 0) is 10.0 Å². The summed E-state index contributed by atoms with van der Waals surface area (Å²) in [4.78, 5) is 38.0. The highest BCUT2D eigenvalue weighted by Crippen LogP contribution is 2.55. The van der Waals surface area contributed by atoms with E-state index >= 15 is 0 Å². The standard InChI is InChI=1S/C51H60N6O10S/c1-31(2)37-8-5-6-9-38(37)40-10-7-21-56(40)35-28-51(29-35)18-22-55(23-19-51)34-11-12-39(42(25-34)66-44-24-33-15-20-52-47(33)53-49(44)64-4)48(58)54-68(62,63)36-26-41(57(60)61)46-43(27-36)65-30-45(67-46)32-13-16-50(3,59)17-14-32/h5-6,8-9,11-12,15,20,24-27,31-32,35,40,45,59H,7,10,13-14,16-19,21-23,28-30H2,1-4H3,(H,52,53)(H,54,58)/t32?,40-,45+,50?/m1/s1. The summed E-state index contributed by atoms with van der Waals surface area (Å²) in [6.45, 7) is 9.13. The SMILES string of the molecule is COc1nc2[nH]ccc2cc1Oc1cc(N2CCC3(CC2)CC(N2CCC[C@@H]2c2ccccc2C(C)C)C3)ccc1C(=O)NS(=O)(=O)c1cc2c(c([N+](=O)[O-])c1)O[C@H](C1CCC(C)(O)CC1)CO2. The Bertz CT molecular complexity index is 2840. The lowest BCUT2D eigenvalue weighted by atomic mass is 9.59. The second-order valence-corrected chi connectivity index (χ2v) is 21.9. The second-order valence-electron chi connectivity index (χ2n) is 20.2. The molecule has 2 aromatic heterocycles. The fraction of sp³-hybridized carbons (Fsp3) is 0.490. The number of nitrogens with one attached hydrogen (secondary N) is 2. The Balaban J connectivity index is 0.875. The molecule has 1 amide bonds. The zero-order valence-electron chi connectivity index (χ0n) is 39.0. The number of anilines is 1. The van der Waals surface area contributed by atoms with Crippen LogP contribution in [0.25, 0.3) is 11.0 Å². The van der Waals surface area contributed by atoms with Crippen LogP contribution in [0.4, 0.5) is 11.4 Å². The number of nitro groups is 1. The Morgan fingerprint density at radius 1 is 1.00 bits per heavy atom. The summed E-state index contributed by atoms with van der Waals surface area (Å²) >= 11 is 0. The molecule has 2 aliphatic carbocycles. The van der Waals surface area contributed by atoms with E-state index < -0.39 is 43.1 Å². The number of pyridine rings is 1. The number of hydrogen-bond acceptors (Lipinski definition) is 13. The molecule has 16 nitrogen and oxygen atoms in total. The molecular formula is C51H60N6O10S. The molecule has 2 saturated heterocycles. The zero-order valence-corrected chi connectivity index (χ0v) is 39.8. The third-order valence-electron chi connectivity index (χ3n) is 15.4. The molecular weight excluding hydrogens is 889 g/mol. The van der Waals surface area contributed by atoms with Gasteiger partial charge in [-0.25, -0.2) is 13.1 Å². The van der Waals surface area contributed by atoms with Crippen LogP contribution < -0.4 is 28.6 Å².